The molecule has 1 aliphatic rings. The first kappa shape index (κ1) is 20.9. The van der Waals surface area contributed by atoms with Crippen molar-refractivity contribution in [2.75, 3.05) is 13.7 Å². The summed E-state index contributed by atoms with van der Waals surface area (Å²) in [5, 5.41) is 0.786. The van der Waals surface area contributed by atoms with Crippen LogP contribution >= 0.6 is 0 Å². The highest BCUT2D eigenvalue weighted by atomic mass is 16.6. The van der Waals surface area contributed by atoms with Gasteiger partial charge in [0, 0.05) is 30.6 Å². The Morgan fingerprint density at radius 1 is 1.14 bits per heavy atom. The molecular formula is C22H28N2O5. The lowest BCUT2D eigenvalue weighted by Crippen LogP contribution is -2.47. The number of carbonyl (C=O) groups excluding carboxylic acids is 3. The van der Waals surface area contributed by atoms with E-state index in [2.05, 4.69) is 0 Å². The lowest BCUT2D eigenvalue weighted by Gasteiger charge is -2.36. The van der Waals surface area contributed by atoms with Crippen molar-refractivity contribution in [1.82, 2.24) is 9.47 Å². The molecule has 0 bridgehead atoms. The van der Waals surface area contributed by atoms with E-state index < -0.39 is 11.6 Å². The Labute approximate surface area is 170 Å². The van der Waals surface area contributed by atoms with Gasteiger partial charge in [0.05, 0.1) is 18.2 Å². The van der Waals surface area contributed by atoms with Crippen LogP contribution in [-0.4, -0.2) is 52.7 Å². The van der Waals surface area contributed by atoms with Crippen molar-refractivity contribution in [2.45, 2.75) is 58.1 Å². The van der Waals surface area contributed by atoms with E-state index in [9.17, 15) is 14.4 Å². The van der Waals surface area contributed by atoms with Crippen LogP contribution in [0.25, 0.3) is 10.9 Å². The number of amides is 1. The van der Waals surface area contributed by atoms with Gasteiger partial charge in [0.1, 0.15) is 5.60 Å². The fraction of sp³-hybridized carbons (Fsp3) is 0.500. The Kier molecular flexibility index (Phi) is 5.96. The summed E-state index contributed by atoms with van der Waals surface area (Å²) in [6, 6.07) is 6.71. The summed E-state index contributed by atoms with van der Waals surface area (Å²) in [5.74, 6) is -0.507. The predicted molar refractivity (Wildman–Crippen MR) is 109 cm³/mol. The van der Waals surface area contributed by atoms with E-state index in [4.69, 9.17) is 9.47 Å². The zero-order valence-corrected chi connectivity index (χ0v) is 17.4. The van der Waals surface area contributed by atoms with Crippen LogP contribution in [0.4, 0.5) is 4.79 Å². The van der Waals surface area contributed by atoms with Gasteiger partial charge in [-0.15, -0.1) is 0 Å². The van der Waals surface area contributed by atoms with Gasteiger partial charge in [0.2, 0.25) is 5.91 Å². The van der Waals surface area contributed by atoms with Crippen LogP contribution in [0.1, 0.15) is 61.6 Å². The average Bonchev–Trinajstić information content (AvgIpc) is 3.09. The summed E-state index contributed by atoms with van der Waals surface area (Å²) in [5.41, 5.74) is 0.590. The molecule has 1 aromatic carbocycles. The summed E-state index contributed by atoms with van der Waals surface area (Å²) in [6.45, 7) is 6.11. The molecular weight excluding hydrogens is 372 g/mol. The number of carbonyl (C=O) groups is 3. The quantitative estimate of drug-likeness (QED) is 0.720. The van der Waals surface area contributed by atoms with Gasteiger partial charge < -0.3 is 14.4 Å². The number of esters is 1. The zero-order chi connectivity index (χ0) is 21.2. The highest BCUT2D eigenvalue weighted by Crippen LogP contribution is 2.25. The van der Waals surface area contributed by atoms with Gasteiger partial charge in [0.25, 0.3) is 0 Å². The van der Waals surface area contributed by atoms with E-state index in [1.54, 1.807) is 39.9 Å². The van der Waals surface area contributed by atoms with Crippen LogP contribution < -0.4 is 0 Å². The van der Waals surface area contributed by atoms with Crippen LogP contribution in [0.2, 0.25) is 0 Å². The normalized spacial score (nSPS) is 17.2. The maximum absolute atomic E-state index is 13.0. The largest absolute Gasteiger partial charge is 0.465 e. The minimum absolute atomic E-state index is 0.0914. The third kappa shape index (κ3) is 4.78. The van der Waals surface area contributed by atoms with Gasteiger partial charge in [-0.3, -0.25) is 9.36 Å². The van der Waals surface area contributed by atoms with Crippen LogP contribution in [0.5, 0.6) is 0 Å². The highest BCUT2D eigenvalue weighted by Gasteiger charge is 2.32. The molecule has 7 heteroatoms. The fourth-order valence-electron chi connectivity index (χ4n) is 3.68. The molecule has 1 saturated heterocycles. The number of piperidine rings is 1. The minimum atomic E-state index is -0.572. The number of aromatic nitrogens is 1. The van der Waals surface area contributed by atoms with Gasteiger partial charge in [-0.2, -0.15) is 0 Å². The first-order valence-electron chi connectivity index (χ1n) is 9.92. The lowest BCUT2D eigenvalue weighted by molar-refractivity contribution is 0.00909. The predicted octanol–water partition coefficient (Wildman–Crippen LogP) is 4.25. The third-order valence-electron chi connectivity index (χ3n) is 5.05. The second-order valence-corrected chi connectivity index (χ2v) is 8.37. The van der Waals surface area contributed by atoms with Crippen molar-refractivity contribution in [3.63, 3.8) is 0 Å². The van der Waals surface area contributed by atoms with E-state index in [0.717, 1.165) is 30.2 Å². The second kappa shape index (κ2) is 8.27. The number of fused-ring (bicyclic) bond motifs is 1. The fourth-order valence-corrected chi connectivity index (χ4v) is 3.68. The topological polar surface area (TPSA) is 77.8 Å². The Balaban J connectivity index is 1.77. The molecule has 0 N–H and O–H groups in total. The molecule has 2 aromatic rings. The van der Waals surface area contributed by atoms with E-state index in [1.165, 1.54) is 7.11 Å². The maximum atomic E-state index is 13.0. The summed E-state index contributed by atoms with van der Waals surface area (Å²) in [6.07, 6.45) is 4.22. The van der Waals surface area contributed by atoms with Crippen molar-refractivity contribution in [1.29, 1.82) is 0 Å². The van der Waals surface area contributed by atoms with E-state index in [1.807, 2.05) is 20.8 Å². The summed E-state index contributed by atoms with van der Waals surface area (Å²) >= 11 is 0. The van der Waals surface area contributed by atoms with Crippen LogP contribution in [0.15, 0.2) is 30.5 Å². The van der Waals surface area contributed by atoms with Crippen molar-refractivity contribution in [2.24, 2.45) is 0 Å². The number of benzene rings is 1. The summed E-state index contributed by atoms with van der Waals surface area (Å²) in [4.78, 5) is 39.0. The van der Waals surface area contributed by atoms with Gasteiger partial charge in [-0.25, -0.2) is 9.59 Å². The van der Waals surface area contributed by atoms with Crippen molar-refractivity contribution < 1.29 is 23.9 Å². The molecule has 156 valence electrons. The number of hydrogen-bond donors (Lipinski definition) is 0. The molecule has 0 aliphatic carbocycles. The molecule has 0 radical (unpaired) electrons. The smallest absolute Gasteiger partial charge is 0.410 e. The molecule has 1 atom stereocenters. The Bertz CT molecular complexity index is 925. The molecule has 1 amide bonds. The molecule has 7 nitrogen and oxygen atoms in total. The molecule has 1 fully saturated rings. The Morgan fingerprint density at radius 3 is 2.59 bits per heavy atom. The SMILES string of the molecule is COC(=O)c1ccc2c(ccn2C(=O)CC2CCCCN2C(=O)OC(C)(C)C)c1. The molecule has 1 aromatic heterocycles. The Hall–Kier alpha value is -2.83. The van der Waals surface area contributed by atoms with Gasteiger partial charge in [-0.1, -0.05) is 0 Å². The van der Waals surface area contributed by atoms with Crippen molar-refractivity contribution in [3.8, 4) is 0 Å². The molecule has 1 aliphatic heterocycles. The number of ether oxygens (including phenoxy) is 2. The lowest BCUT2D eigenvalue weighted by atomic mass is 9.99. The van der Waals surface area contributed by atoms with Gasteiger partial charge >= 0.3 is 12.1 Å². The van der Waals surface area contributed by atoms with Crippen molar-refractivity contribution >= 4 is 28.9 Å². The van der Waals surface area contributed by atoms with Crippen LogP contribution in [-0.2, 0) is 9.47 Å². The van der Waals surface area contributed by atoms with Crippen molar-refractivity contribution in [3.05, 3.63) is 36.0 Å². The molecule has 29 heavy (non-hydrogen) atoms. The Morgan fingerprint density at radius 2 is 1.90 bits per heavy atom. The first-order valence-corrected chi connectivity index (χ1v) is 9.92. The standard InChI is InChI=1S/C22H28N2O5/c1-22(2,3)29-21(27)23-11-6-5-7-17(23)14-19(25)24-12-10-15-13-16(20(26)28-4)8-9-18(15)24/h8-10,12-13,17H,5-7,11,14H2,1-4H3. The maximum Gasteiger partial charge on any atom is 0.410 e. The van der Waals surface area contributed by atoms with Gasteiger partial charge in [-0.05, 0) is 64.3 Å². The zero-order valence-electron chi connectivity index (χ0n) is 17.4. The second-order valence-electron chi connectivity index (χ2n) is 8.37. The van der Waals surface area contributed by atoms with Gasteiger partial charge in [0.15, 0.2) is 0 Å². The van der Waals surface area contributed by atoms with Crippen LogP contribution in [0, 0.1) is 0 Å². The molecule has 0 spiro atoms. The molecule has 2 heterocycles. The number of rotatable bonds is 3. The number of methoxy groups -OCH3 is 1. The van der Waals surface area contributed by atoms with E-state index in [-0.39, 0.29) is 24.5 Å². The highest BCUT2D eigenvalue weighted by molar-refractivity contribution is 5.98. The molecule has 0 saturated carbocycles. The number of hydrogen-bond acceptors (Lipinski definition) is 5. The molecule has 1 unspecified atom stereocenters. The van der Waals surface area contributed by atoms with E-state index >= 15 is 0 Å². The van der Waals surface area contributed by atoms with Crippen LogP contribution in [0.3, 0.4) is 0 Å². The average molecular weight is 400 g/mol. The monoisotopic (exact) mass is 400 g/mol. The first-order chi connectivity index (χ1) is 13.7. The minimum Gasteiger partial charge on any atom is -0.465 e. The number of nitrogens with zero attached hydrogens (tertiary/aromatic N) is 2. The summed E-state index contributed by atoms with van der Waals surface area (Å²) < 4.78 is 11.8. The number of likely N-dealkylation sites (tertiary alicyclic amines) is 1. The van der Waals surface area contributed by atoms with E-state index in [0.29, 0.717) is 12.1 Å². The molecule has 3 rings (SSSR count). The third-order valence-corrected chi connectivity index (χ3v) is 5.05. The summed E-state index contributed by atoms with van der Waals surface area (Å²) in [7, 11) is 1.34.